The van der Waals surface area contributed by atoms with Gasteiger partial charge in [0, 0.05) is 6.42 Å². The van der Waals surface area contributed by atoms with Gasteiger partial charge in [-0.05, 0) is 11.6 Å². The molecule has 1 aromatic heterocycles. The van der Waals surface area contributed by atoms with E-state index in [-0.39, 0.29) is 10.7 Å². The monoisotopic (exact) mass is 243 g/mol. The van der Waals surface area contributed by atoms with E-state index in [2.05, 4.69) is 4.98 Å². The zero-order valence-corrected chi connectivity index (χ0v) is 7.98. The van der Waals surface area contributed by atoms with Crippen LogP contribution in [-0.2, 0) is 6.42 Å². The van der Waals surface area contributed by atoms with Crippen molar-refractivity contribution >= 4 is 11.6 Å². The SMILES string of the molecule is OC(Cc1cc(F)cnc1Cl)C(F)(F)F. The first-order chi connectivity index (χ1) is 6.80. The van der Waals surface area contributed by atoms with E-state index in [1.54, 1.807) is 0 Å². The van der Waals surface area contributed by atoms with Gasteiger partial charge in [-0.2, -0.15) is 13.2 Å². The highest BCUT2D eigenvalue weighted by Gasteiger charge is 2.38. The van der Waals surface area contributed by atoms with E-state index in [0.717, 1.165) is 12.3 Å². The second kappa shape index (κ2) is 4.32. The molecule has 0 bridgehead atoms. The van der Waals surface area contributed by atoms with E-state index >= 15 is 0 Å². The van der Waals surface area contributed by atoms with Crippen molar-refractivity contribution in [3.8, 4) is 0 Å². The molecule has 1 N–H and O–H groups in total. The maximum Gasteiger partial charge on any atom is 0.414 e. The Bertz CT molecular complexity index is 355. The normalized spacial score (nSPS) is 14.0. The summed E-state index contributed by atoms with van der Waals surface area (Å²) in [6, 6.07) is 0.810. The number of rotatable bonds is 2. The number of aliphatic hydroxyl groups is 1. The summed E-state index contributed by atoms with van der Waals surface area (Å²) >= 11 is 5.43. The molecule has 0 saturated carbocycles. The average Bonchev–Trinajstić information content (AvgIpc) is 2.09. The van der Waals surface area contributed by atoms with Crippen LogP contribution >= 0.6 is 11.6 Å². The smallest absolute Gasteiger partial charge is 0.383 e. The summed E-state index contributed by atoms with van der Waals surface area (Å²) in [5.41, 5.74) is -0.179. The zero-order chi connectivity index (χ0) is 11.6. The molecule has 0 saturated heterocycles. The highest BCUT2D eigenvalue weighted by Crippen LogP contribution is 2.25. The van der Waals surface area contributed by atoms with Crippen molar-refractivity contribution in [1.82, 2.24) is 4.98 Å². The Morgan fingerprint density at radius 1 is 1.47 bits per heavy atom. The number of pyridine rings is 1. The van der Waals surface area contributed by atoms with Gasteiger partial charge >= 0.3 is 6.18 Å². The molecule has 0 aliphatic rings. The van der Waals surface area contributed by atoms with Crippen molar-refractivity contribution in [1.29, 1.82) is 0 Å². The van der Waals surface area contributed by atoms with Crippen LogP contribution in [0.3, 0.4) is 0 Å². The summed E-state index contributed by atoms with van der Waals surface area (Å²) in [5.74, 6) is -0.802. The molecule has 1 atom stereocenters. The zero-order valence-electron chi connectivity index (χ0n) is 7.22. The molecule has 84 valence electrons. The maximum atomic E-state index is 12.6. The molecule has 0 aliphatic carbocycles. The molecule has 7 heteroatoms. The van der Waals surface area contributed by atoms with Crippen molar-refractivity contribution in [3.63, 3.8) is 0 Å². The molecule has 1 rings (SSSR count). The summed E-state index contributed by atoms with van der Waals surface area (Å²) in [5, 5.41) is 8.47. The maximum absolute atomic E-state index is 12.6. The third kappa shape index (κ3) is 3.32. The molecule has 0 aromatic carbocycles. The van der Waals surface area contributed by atoms with Crippen LogP contribution < -0.4 is 0 Å². The van der Waals surface area contributed by atoms with Crippen LogP contribution in [0.1, 0.15) is 5.56 Å². The quantitative estimate of drug-likeness (QED) is 0.639. The fourth-order valence-electron chi connectivity index (χ4n) is 0.932. The second-order valence-corrected chi connectivity index (χ2v) is 3.22. The van der Waals surface area contributed by atoms with Crippen LogP contribution in [0.2, 0.25) is 5.15 Å². The minimum absolute atomic E-state index is 0.179. The lowest BCUT2D eigenvalue weighted by Gasteiger charge is -2.14. The minimum atomic E-state index is -4.75. The average molecular weight is 244 g/mol. The van der Waals surface area contributed by atoms with E-state index in [1.165, 1.54) is 0 Å². The number of hydrogen-bond donors (Lipinski definition) is 1. The van der Waals surface area contributed by atoms with Crippen LogP contribution in [0.4, 0.5) is 17.6 Å². The summed E-state index contributed by atoms with van der Waals surface area (Å²) in [7, 11) is 0. The lowest BCUT2D eigenvalue weighted by atomic mass is 10.1. The minimum Gasteiger partial charge on any atom is -0.383 e. The molecule has 1 heterocycles. The molecule has 1 aromatic rings. The van der Waals surface area contributed by atoms with Gasteiger partial charge in [-0.25, -0.2) is 9.37 Å². The summed E-state index contributed by atoms with van der Waals surface area (Å²) in [4.78, 5) is 3.33. The van der Waals surface area contributed by atoms with E-state index in [1.807, 2.05) is 0 Å². The van der Waals surface area contributed by atoms with Crippen LogP contribution in [0.5, 0.6) is 0 Å². The lowest BCUT2D eigenvalue weighted by Crippen LogP contribution is -2.30. The molecule has 15 heavy (non-hydrogen) atoms. The van der Waals surface area contributed by atoms with Crippen LogP contribution in [-0.4, -0.2) is 22.4 Å². The predicted octanol–water partition coefficient (Wildman–Crippen LogP) is 2.34. The topological polar surface area (TPSA) is 33.1 Å². The molecule has 0 aliphatic heterocycles. The Morgan fingerprint density at radius 2 is 2.07 bits per heavy atom. The van der Waals surface area contributed by atoms with Gasteiger partial charge in [0.15, 0.2) is 6.10 Å². The number of hydrogen-bond acceptors (Lipinski definition) is 2. The standard InChI is InChI=1S/C8H6ClF4NO/c9-7-4(1-5(10)3-14-7)2-6(15)8(11,12)13/h1,3,6,15H,2H2. The van der Waals surface area contributed by atoms with E-state index < -0.39 is 24.5 Å². The number of alkyl halides is 3. The lowest BCUT2D eigenvalue weighted by molar-refractivity contribution is -0.203. The molecule has 0 fully saturated rings. The Kier molecular flexibility index (Phi) is 3.51. The molecule has 1 unspecified atom stereocenters. The van der Waals surface area contributed by atoms with Gasteiger partial charge in [-0.3, -0.25) is 0 Å². The number of halogens is 5. The number of aliphatic hydroxyl groups excluding tert-OH is 1. The molecule has 0 amide bonds. The first-order valence-electron chi connectivity index (χ1n) is 3.85. The van der Waals surface area contributed by atoms with E-state index in [4.69, 9.17) is 16.7 Å². The Morgan fingerprint density at radius 3 is 2.60 bits per heavy atom. The van der Waals surface area contributed by atoms with Gasteiger partial charge in [-0.1, -0.05) is 11.6 Å². The van der Waals surface area contributed by atoms with Crippen molar-refractivity contribution in [2.24, 2.45) is 0 Å². The van der Waals surface area contributed by atoms with Crippen molar-refractivity contribution in [3.05, 3.63) is 28.8 Å². The van der Waals surface area contributed by atoms with Crippen molar-refractivity contribution in [2.45, 2.75) is 18.7 Å². The van der Waals surface area contributed by atoms with Gasteiger partial charge in [0.1, 0.15) is 11.0 Å². The number of aromatic nitrogens is 1. The largest absolute Gasteiger partial charge is 0.414 e. The third-order valence-corrected chi connectivity index (χ3v) is 2.01. The van der Waals surface area contributed by atoms with Gasteiger partial charge < -0.3 is 5.11 Å². The van der Waals surface area contributed by atoms with Gasteiger partial charge in [0.2, 0.25) is 0 Å². The third-order valence-electron chi connectivity index (χ3n) is 1.67. The summed E-state index contributed by atoms with van der Waals surface area (Å²) in [6.07, 6.45) is -7.35. The van der Waals surface area contributed by atoms with Crippen LogP contribution in [0.25, 0.3) is 0 Å². The fourth-order valence-corrected chi connectivity index (χ4v) is 1.11. The van der Waals surface area contributed by atoms with E-state index in [9.17, 15) is 17.6 Å². The van der Waals surface area contributed by atoms with Gasteiger partial charge in [0.25, 0.3) is 0 Å². The van der Waals surface area contributed by atoms with Crippen molar-refractivity contribution < 1.29 is 22.7 Å². The van der Waals surface area contributed by atoms with Crippen LogP contribution in [0, 0.1) is 5.82 Å². The summed E-state index contributed by atoms with van der Waals surface area (Å²) in [6.45, 7) is 0. The molecule has 0 spiro atoms. The highest BCUT2D eigenvalue weighted by molar-refractivity contribution is 6.30. The van der Waals surface area contributed by atoms with Crippen molar-refractivity contribution in [2.75, 3.05) is 0 Å². The molecule has 2 nitrogen and oxygen atoms in total. The second-order valence-electron chi connectivity index (χ2n) is 2.87. The van der Waals surface area contributed by atoms with Gasteiger partial charge in [-0.15, -0.1) is 0 Å². The molecule has 0 radical (unpaired) electrons. The molecular weight excluding hydrogens is 238 g/mol. The Hall–Kier alpha value is -0.880. The number of nitrogens with zero attached hydrogens (tertiary/aromatic N) is 1. The Labute approximate surface area is 87.5 Å². The summed E-state index contributed by atoms with van der Waals surface area (Å²) < 4.78 is 48.5. The first-order valence-corrected chi connectivity index (χ1v) is 4.23. The Balaban J connectivity index is 2.85. The van der Waals surface area contributed by atoms with Crippen LogP contribution in [0.15, 0.2) is 12.3 Å². The van der Waals surface area contributed by atoms with Gasteiger partial charge in [0.05, 0.1) is 6.20 Å². The van der Waals surface area contributed by atoms with E-state index in [0.29, 0.717) is 0 Å². The predicted molar refractivity (Wildman–Crippen MR) is 45.0 cm³/mol. The molecular formula is C8H6ClF4NO. The highest BCUT2D eigenvalue weighted by atomic mass is 35.5. The first kappa shape index (κ1) is 12.2. The fraction of sp³-hybridized carbons (Fsp3) is 0.375.